The molecule has 1 fully saturated rings. The van der Waals surface area contributed by atoms with Gasteiger partial charge in [-0.05, 0) is 34.7 Å². The van der Waals surface area contributed by atoms with Gasteiger partial charge in [-0.15, -0.1) is 0 Å². The zero-order chi connectivity index (χ0) is 10.7. The van der Waals surface area contributed by atoms with E-state index in [-0.39, 0.29) is 5.82 Å². The van der Waals surface area contributed by atoms with Crippen molar-refractivity contribution in [2.24, 2.45) is 5.92 Å². The van der Waals surface area contributed by atoms with Gasteiger partial charge in [-0.3, -0.25) is 0 Å². The number of nitrogens with zero attached hydrogens (tertiary/aromatic N) is 1. The Morgan fingerprint density at radius 1 is 1.47 bits per heavy atom. The summed E-state index contributed by atoms with van der Waals surface area (Å²) < 4.78 is 13.6. The molecule has 2 nitrogen and oxygen atoms in total. The molecule has 2 rings (SSSR count). The van der Waals surface area contributed by atoms with Crippen LogP contribution in [0.5, 0.6) is 0 Å². The lowest BCUT2D eigenvalue weighted by Gasteiger charge is -2.12. The van der Waals surface area contributed by atoms with Crippen molar-refractivity contribution in [2.75, 3.05) is 11.9 Å². The Bertz CT molecular complexity index is 337. The van der Waals surface area contributed by atoms with Gasteiger partial charge >= 0.3 is 0 Å². The maximum absolute atomic E-state index is 12.9. The summed E-state index contributed by atoms with van der Waals surface area (Å²) in [4.78, 5) is 3.90. The van der Waals surface area contributed by atoms with Gasteiger partial charge in [-0.1, -0.05) is 12.8 Å². The molecular formula is C11H14BrFN2. The van der Waals surface area contributed by atoms with Gasteiger partial charge in [0, 0.05) is 12.6 Å². The molecule has 0 aromatic carbocycles. The van der Waals surface area contributed by atoms with Gasteiger partial charge in [0.2, 0.25) is 0 Å². The molecule has 0 spiro atoms. The molecule has 1 aliphatic carbocycles. The molecule has 0 aliphatic heterocycles. The van der Waals surface area contributed by atoms with Crippen LogP contribution in [-0.2, 0) is 0 Å². The fourth-order valence-electron chi connectivity index (χ4n) is 2.02. The van der Waals surface area contributed by atoms with E-state index in [4.69, 9.17) is 0 Å². The van der Waals surface area contributed by atoms with Crippen LogP contribution in [-0.4, -0.2) is 11.5 Å². The van der Waals surface area contributed by atoms with Gasteiger partial charge in [-0.2, -0.15) is 0 Å². The van der Waals surface area contributed by atoms with E-state index in [0.29, 0.717) is 4.60 Å². The fourth-order valence-corrected chi connectivity index (χ4v) is 2.37. The summed E-state index contributed by atoms with van der Waals surface area (Å²) in [6, 6.07) is 1.48. The van der Waals surface area contributed by atoms with Gasteiger partial charge in [0.25, 0.3) is 0 Å². The molecule has 0 bridgehead atoms. The molecule has 0 saturated heterocycles. The highest BCUT2D eigenvalue weighted by Crippen LogP contribution is 2.26. The number of anilines is 1. The van der Waals surface area contributed by atoms with Crippen molar-refractivity contribution in [1.82, 2.24) is 4.98 Å². The third-order valence-corrected chi connectivity index (χ3v) is 3.49. The molecule has 0 radical (unpaired) electrons. The van der Waals surface area contributed by atoms with Gasteiger partial charge in [0.05, 0.1) is 11.9 Å². The number of nitrogens with one attached hydrogen (secondary N) is 1. The summed E-state index contributed by atoms with van der Waals surface area (Å²) >= 11 is 3.30. The second-order valence-electron chi connectivity index (χ2n) is 4.02. The van der Waals surface area contributed by atoms with Crippen molar-refractivity contribution >= 4 is 21.6 Å². The molecule has 1 aliphatic rings. The Kier molecular flexibility index (Phi) is 3.57. The van der Waals surface area contributed by atoms with Crippen molar-refractivity contribution in [3.05, 3.63) is 22.7 Å². The average Bonchev–Trinajstić information content (AvgIpc) is 2.72. The molecule has 4 heteroatoms. The Hall–Kier alpha value is -0.640. The number of hydrogen-bond acceptors (Lipinski definition) is 2. The number of pyridine rings is 1. The monoisotopic (exact) mass is 272 g/mol. The summed E-state index contributed by atoms with van der Waals surface area (Å²) in [6.07, 6.45) is 6.44. The normalized spacial score (nSPS) is 16.9. The quantitative estimate of drug-likeness (QED) is 0.851. The van der Waals surface area contributed by atoms with Gasteiger partial charge < -0.3 is 5.32 Å². The molecule has 0 amide bonds. The third-order valence-electron chi connectivity index (χ3n) is 2.86. The van der Waals surface area contributed by atoms with Crippen LogP contribution in [0.15, 0.2) is 16.9 Å². The van der Waals surface area contributed by atoms with Crippen LogP contribution in [0, 0.1) is 11.7 Å². The first-order chi connectivity index (χ1) is 7.25. The van der Waals surface area contributed by atoms with E-state index in [9.17, 15) is 4.39 Å². The fraction of sp³-hybridized carbons (Fsp3) is 0.545. The van der Waals surface area contributed by atoms with E-state index in [1.165, 1.54) is 37.9 Å². The minimum atomic E-state index is -0.299. The number of halogens is 2. The molecule has 0 unspecified atom stereocenters. The second kappa shape index (κ2) is 4.92. The first-order valence-corrected chi connectivity index (χ1v) is 6.10. The highest BCUT2D eigenvalue weighted by Gasteiger charge is 2.15. The molecule has 15 heavy (non-hydrogen) atoms. The molecule has 1 N–H and O–H groups in total. The summed E-state index contributed by atoms with van der Waals surface area (Å²) in [6.45, 7) is 0.920. The maximum atomic E-state index is 12.9. The van der Waals surface area contributed by atoms with Gasteiger partial charge in [-0.25, -0.2) is 9.37 Å². The van der Waals surface area contributed by atoms with Crippen LogP contribution in [0.4, 0.5) is 10.1 Å². The molecule has 0 atom stereocenters. The van der Waals surface area contributed by atoms with E-state index in [0.717, 1.165) is 18.2 Å². The van der Waals surface area contributed by atoms with E-state index < -0.39 is 0 Å². The van der Waals surface area contributed by atoms with Crippen molar-refractivity contribution in [2.45, 2.75) is 25.7 Å². The van der Waals surface area contributed by atoms with Crippen molar-refractivity contribution in [1.29, 1.82) is 0 Å². The summed E-state index contributed by atoms with van der Waals surface area (Å²) in [5, 5.41) is 3.25. The third kappa shape index (κ3) is 2.91. The number of aromatic nitrogens is 1. The molecule has 1 aromatic rings. The lowest BCUT2D eigenvalue weighted by Crippen LogP contribution is -2.11. The van der Waals surface area contributed by atoms with Crippen LogP contribution < -0.4 is 5.32 Å². The van der Waals surface area contributed by atoms with Gasteiger partial charge in [0.15, 0.2) is 0 Å². The van der Waals surface area contributed by atoms with Crippen LogP contribution in [0.1, 0.15) is 25.7 Å². The molecule has 1 heterocycles. The summed E-state index contributed by atoms with van der Waals surface area (Å²) in [7, 11) is 0. The average molecular weight is 273 g/mol. The predicted molar refractivity (Wildman–Crippen MR) is 62.3 cm³/mol. The Labute approximate surface area is 97.4 Å². The first kappa shape index (κ1) is 10.9. The zero-order valence-electron chi connectivity index (χ0n) is 8.47. The van der Waals surface area contributed by atoms with Crippen molar-refractivity contribution in [3.8, 4) is 0 Å². The number of hydrogen-bond donors (Lipinski definition) is 1. The highest BCUT2D eigenvalue weighted by molar-refractivity contribution is 9.10. The highest BCUT2D eigenvalue weighted by atomic mass is 79.9. The van der Waals surface area contributed by atoms with Gasteiger partial charge in [0.1, 0.15) is 10.4 Å². The van der Waals surface area contributed by atoms with Crippen LogP contribution in [0.25, 0.3) is 0 Å². The topological polar surface area (TPSA) is 24.9 Å². The molecule has 1 aromatic heterocycles. The number of rotatable bonds is 3. The van der Waals surface area contributed by atoms with E-state index in [1.54, 1.807) is 0 Å². The van der Waals surface area contributed by atoms with Crippen LogP contribution in [0.3, 0.4) is 0 Å². The summed E-state index contributed by atoms with van der Waals surface area (Å²) in [5.41, 5.74) is 0.752. The minimum Gasteiger partial charge on any atom is -0.382 e. The predicted octanol–water partition coefficient (Wildman–Crippen LogP) is 3.59. The first-order valence-electron chi connectivity index (χ1n) is 5.30. The minimum absolute atomic E-state index is 0.299. The van der Waals surface area contributed by atoms with E-state index in [2.05, 4.69) is 26.2 Å². The molecule has 82 valence electrons. The second-order valence-corrected chi connectivity index (χ2v) is 4.77. The maximum Gasteiger partial charge on any atom is 0.143 e. The van der Waals surface area contributed by atoms with E-state index in [1.807, 2.05) is 0 Å². The van der Waals surface area contributed by atoms with Crippen LogP contribution in [0.2, 0.25) is 0 Å². The molecule has 1 saturated carbocycles. The molecular weight excluding hydrogens is 259 g/mol. The lowest BCUT2D eigenvalue weighted by molar-refractivity contribution is 0.578. The zero-order valence-corrected chi connectivity index (χ0v) is 10.1. The van der Waals surface area contributed by atoms with Crippen molar-refractivity contribution in [3.63, 3.8) is 0 Å². The SMILES string of the molecule is Fc1cnc(Br)c(NCC2CCCC2)c1. The largest absolute Gasteiger partial charge is 0.382 e. The van der Waals surface area contributed by atoms with E-state index >= 15 is 0 Å². The lowest BCUT2D eigenvalue weighted by atomic mass is 10.1. The standard InChI is InChI=1S/C11H14BrFN2/c12-11-10(5-9(13)7-15-11)14-6-8-3-1-2-4-8/h5,7-8,14H,1-4,6H2. The smallest absolute Gasteiger partial charge is 0.143 e. The van der Waals surface area contributed by atoms with Crippen LogP contribution >= 0.6 is 15.9 Å². The van der Waals surface area contributed by atoms with Crippen molar-refractivity contribution < 1.29 is 4.39 Å². The Morgan fingerprint density at radius 3 is 2.93 bits per heavy atom. The Balaban J connectivity index is 1.94. The Morgan fingerprint density at radius 2 is 2.20 bits per heavy atom. The summed E-state index contributed by atoms with van der Waals surface area (Å²) in [5.74, 6) is 0.437.